The highest BCUT2D eigenvalue weighted by Gasteiger charge is 2.40. The molecule has 6 nitrogen and oxygen atoms in total. The Morgan fingerprint density at radius 2 is 1.92 bits per heavy atom. The summed E-state index contributed by atoms with van der Waals surface area (Å²) in [7, 11) is 0. The molecule has 3 amide bonds. The van der Waals surface area contributed by atoms with Gasteiger partial charge >= 0.3 is 0 Å². The zero-order valence-corrected chi connectivity index (χ0v) is 14.6. The van der Waals surface area contributed by atoms with E-state index in [0.29, 0.717) is 24.9 Å². The third-order valence-corrected chi connectivity index (χ3v) is 5.86. The second-order valence-corrected chi connectivity index (χ2v) is 7.70. The van der Waals surface area contributed by atoms with Crippen LogP contribution in [-0.2, 0) is 14.4 Å². The molecule has 24 heavy (non-hydrogen) atoms. The van der Waals surface area contributed by atoms with Crippen molar-refractivity contribution in [1.82, 2.24) is 15.5 Å². The number of nitrogens with zero attached hydrogens (tertiary/aromatic N) is 1. The lowest BCUT2D eigenvalue weighted by atomic mass is 10.1. The summed E-state index contributed by atoms with van der Waals surface area (Å²) in [4.78, 5) is 37.4. The lowest BCUT2D eigenvalue weighted by molar-refractivity contribution is -0.131. The number of amides is 3. The summed E-state index contributed by atoms with van der Waals surface area (Å²) in [5.74, 6) is 0.765. The summed E-state index contributed by atoms with van der Waals surface area (Å²) < 4.78 is 0. The molecule has 0 aromatic heterocycles. The van der Waals surface area contributed by atoms with Gasteiger partial charge in [0.05, 0.1) is 23.5 Å². The molecule has 1 saturated carbocycles. The number of thioether (sulfide) groups is 1. The Hall–Kier alpha value is -1.50. The molecule has 132 valence electrons. The number of carbonyl (C=O) groups is 3. The van der Waals surface area contributed by atoms with Crippen LogP contribution in [0, 0.1) is 5.92 Å². The summed E-state index contributed by atoms with van der Waals surface area (Å²) in [5, 5.41) is 5.84. The minimum Gasteiger partial charge on any atom is -0.354 e. The van der Waals surface area contributed by atoms with Crippen LogP contribution in [0.1, 0.15) is 32.1 Å². The lowest BCUT2D eigenvalue weighted by Gasteiger charge is -2.24. The SMILES string of the molecule is O=C(CSCC(=O)NC1CCCC1)NCCN1C(=O)[C@@H]2C=C[C@H]1C2. The lowest BCUT2D eigenvalue weighted by Crippen LogP contribution is -2.41. The predicted octanol–water partition coefficient (Wildman–Crippen LogP) is 0.681. The zero-order valence-electron chi connectivity index (χ0n) is 13.8. The number of fused-ring (bicyclic) bond motifs is 2. The number of hydrogen-bond acceptors (Lipinski definition) is 4. The van der Waals surface area contributed by atoms with Crippen LogP contribution in [0.2, 0.25) is 0 Å². The third-order valence-electron chi connectivity index (χ3n) is 4.92. The van der Waals surface area contributed by atoms with Gasteiger partial charge in [0, 0.05) is 19.1 Å². The van der Waals surface area contributed by atoms with E-state index in [1.54, 1.807) is 0 Å². The molecule has 3 aliphatic rings. The molecule has 0 radical (unpaired) electrons. The topological polar surface area (TPSA) is 78.5 Å². The molecule has 0 aromatic carbocycles. The van der Waals surface area contributed by atoms with E-state index in [4.69, 9.17) is 0 Å². The van der Waals surface area contributed by atoms with Crippen LogP contribution >= 0.6 is 11.8 Å². The summed E-state index contributed by atoms with van der Waals surface area (Å²) >= 11 is 1.33. The van der Waals surface area contributed by atoms with Crippen molar-refractivity contribution in [2.24, 2.45) is 5.92 Å². The standard InChI is InChI=1S/C17H25N3O3S/c21-15(10-24-11-16(22)19-13-3-1-2-4-13)18-7-8-20-14-6-5-12(9-14)17(20)23/h5-6,12-14H,1-4,7-11H2,(H,18,21)(H,19,22)/t12-,14+/m1/s1. The highest BCUT2D eigenvalue weighted by atomic mass is 32.2. The Morgan fingerprint density at radius 3 is 2.62 bits per heavy atom. The van der Waals surface area contributed by atoms with Crippen molar-refractivity contribution in [1.29, 1.82) is 0 Å². The minimum atomic E-state index is -0.0824. The van der Waals surface area contributed by atoms with Gasteiger partial charge in [0.1, 0.15) is 0 Å². The molecule has 2 bridgehead atoms. The zero-order chi connectivity index (χ0) is 16.9. The van der Waals surface area contributed by atoms with E-state index in [1.165, 1.54) is 24.6 Å². The van der Waals surface area contributed by atoms with Gasteiger partial charge in [-0.2, -0.15) is 0 Å². The number of carbonyl (C=O) groups excluding carboxylic acids is 3. The first-order chi connectivity index (χ1) is 11.6. The Balaban J connectivity index is 1.24. The minimum absolute atomic E-state index is 0.0187. The normalized spacial score (nSPS) is 25.5. The van der Waals surface area contributed by atoms with Crippen LogP contribution in [0.25, 0.3) is 0 Å². The first-order valence-electron chi connectivity index (χ1n) is 8.76. The fourth-order valence-corrected chi connectivity index (χ4v) is 4.35. The fraction of sp³-hybridized carbons (Fsp3) is 0.706. The third kappa shape index (κ3) is 4.32. The number of hydrogen-bond donors (Lipinski definition) is 2. The first kappa shape index (κ1) is 17.3. The van der Waals surface area contributed by atoms with Crippen LogP contribution in [0.4, 0.5) is 0 Å². The monoisotopic (exact) mass is 351 g/mol. The van der Waals surface area contributed by atoms with Crippen LogP contribution in [-0.4, -0.2) is 59.3 Å². The molecule has 0 aromatic rings. The van der Waals surface area contributed by atoms with E-state index in [1.807, 2.05) is 11.0 Å². The van der Waals surface area contributed by atoms with Crippen molar-refractivity contribution in [3.63, 3.8) is 0 Å². The average molecular weight is 351 g/mol. The Labute approximate surface area is 146 Å². The number of rotatable bonds is 8. The van der Waals surface area contributed by atoms with Crippen molar-refractivity contribution >= 4 is 29.5 Å². The van der Waals surface area contributed by atoms with Gasteiger partial charge in [-0.15, -0.1) is 11.8 Å². The van der Waals surface area contributed by atoms with E-state index in [9.17, 15) is 14.4 Å². The maximum absolute atomic E-state index is 11.9. The summed E-state index contributed by atoms with van der Waals surface area (Å²) in [6.45, 7) is 1.03. The molecule has 1 heterocycles. The quantitative estimate of drug-likeness (QED) is 0.631. The molecule has 7 heteroatoms. The molecular formula is C17H25N3O3S. The van der Waals surface area contributed by atoms with Gasteiger partial charge in [-0.05, 0) is 19.3 Å². The van der Waals surface area contributed by atoms with Crippen LogP contribution in [0.15, 0.2) is 12.2 Å². The van der Waals surface area contributed by atoms with E-state index < -0.39 is 0 Å². The largest absolute Gasteiger partial charge is 0.354 e. The van der Waals surface area contributed by atoms with Crippen LogP contribution in [0.5, 0.6) is 0 Å². The van der Waals surface area contributed by atoms with Gasteiger partial charge in [0.2, 0.25) is 17.7 Å². The van der Waals surface area contributed by atoms with Gasteiger partial charge in [0.25, 0.3) is 0 Å². The van der Waals surface area contributed by atoms with E-state index in [2.05, 4.69) is 16.7 Å². The number of nitrogens with one attached hydrogen (secondary N) is 2. The molecular weight excluding hydrogens is 326 g/mol. The van der Waals surface area contributed by atoms with E-state index >= 15 is 0 Å². The van der Waals surface area contributed by atoms with E-state index in [-0.39, 0.29) is 35.4 Å². The summed E-state index contributed by atoms with van der Waals surface area (Å²) in [6.07, 6.45) is 9.47. The van der Waals surface area contributed by atoms with Gasteiger partial charge in [-0.3, -0.25) is 14.4 Å². The first-order valence-corrected chi connectivity index (χ1v) is 9.91. The molecule has 2 aliphatic carbocycles. The summed E-state index contributed by atoms with van der Waals surface area (Å²) in [5.41, 5.74) is 0. The predicted molar refractivity (Wildman–Crippen MR) is 93.5 cm³/mol. The number of likely N-dealkylation sites (tertiary alicyclic amines) is 1. The molecule has 0 unspecified atom stereocenters. The van der Waals surface area contributed by atoms with Gasteiger partial charge in [-0.25, -0.2) is 0 Å². The van der Waals surface area contributed by atoms with Crippen molar-refractivity contribution in [2.45, 2.75) is 44.2 Å². The Kier molecular flexibility index (Phi) is 5.81. The summed E-state index contributed by atoms with van der Waals surface area (Å²) in [6, 6.07) is 0.544. The van der Waals surface area contributed by atoms with Crippen molar-refractivity contribution in [3.8, 4) is 0 Å². The fourth-order valence-electron chi connectivity index (χ4n) is 3.69. The molecule has 2 fully saturated rings. The molecule has 3 rings (SSSR count). The Bertz CT molecular complexity index is 531. The van der Waals surface area contributed by atoms with Gasteiger partial charge in [-0.1, -0.05) is 25.0 Å². The van der Waals surface area contributed by atoms with Crippen molar-refractivity contribution in [3.05, 3.63) is 12.2 Å². The highest BCUT2D eigenvalue weighted by molar-refractivity contribution is 8.00. The van der Waals surface area contributed by atoms with Gasteiger partial charge < -0.3 is 15.5 Å². The van der Waals surface area contributed by atoms with Crippen LogP contribution < -0.4 is 10.6 Å². The average Bonchev–Trinajstić information content (AvgIpc) is 3.27. The molecule has 1 aliphatic heterocycles. The van der Waals surface area contributed by atoms with Crippen LogP contribution in [0.3, 0.4) is 0 Å². The highest BCUT2D eigenvalue weighted by Crippen LogP contribution is 2.32. The van der Waals surface area contributed by atoms with Gasteiger partial charge in [0.15, 0.2) is 0 Å². The maximum Gasteiger partial charge on any atom is 0.230 e. The second kappa shape index (κ2) is 8.05. The maximum atomic E-state index is 11.9. The molecule has 0 spiro atoms. The molecule has 2 N–H and O–H groups in total. The second-order valence-electron chi connectivity index (χ2n) is 6.72. The smallest absolute Gasteiger partial charge is 0.230 e. The Morgan fingerprint density at radius 1 is 1.17 bits per heavy atom. The van der Waals surface area contributed by atoms with Crippen molar-refractivity contribution < 1.29 is 14.4 Å². The van der Waals surface area contributed by atoms with E-state index in [0.717, 1.165) is 19.3 Å². The van der Waals surface area contributed by atoms with Crippen molar-refractivity contribution in [2.75, 3.05) is 24.6 Å². The molecule has 1 saturated heterocycles. The molecule has 2 atom stereocenters.